The maximum Gasteiger partial charge on any atom is 0.315 e. The number of piperidine rings is 1. The molecule has 1 aromatic carbocycles. The van der Waals surface area contributed by atoms with Crippen LogP contribution in [0.25, 0.3) is 0 Å². The summed E-state index contributed by atoms with van der Waals surface area (Å²) in [6.07, 6.45) is 5.46. The van der Waals surface area contributed by atoms with E-state index >= 15 is 0 Å². The fourth-order valence-electron chi connectivity index (χ4n) is 3.64. The van der Waals surface area contributed by atoms with Crippen molar-refractivity contribution in [3.8, 4) is 0 Å². The van der Waals surface area contributed by atoms with Crippen molar-refractivity contribution < 1.29 is 9.90 Å². The summed E-state index contributed by atoms with van der Waals surface area (Å²) in [5.74, 6) is 0. The summed E-state index contributed by atoms with van der Waals surface area (Å²) in [6.45, 7) is 1.87. The van der Waals surface area contributed by atoms with Crippen LogP contribution in [0.15, 0.2) is 30.3 Å². The third-order valence-corrected chi connectivity index (χ3v) is 4.92. The van der Waals surface area contributed by atoms with Crippen LogP contribution in [0.5, 0.6) is 0 Å². The Labute approximate surface area is 138 Å². The molecule has 126 valence electrons. The predicted molar refractivity (Wildman–Crippen MR) is 91.6 cm³/mol. The lowest BCUT2D eigenvalue weighted by Crippen LogP contribution is -2.54. The molecule has 0 spiro atoms. The van der Waals surface area contributed by atoms with E-state index in [0.717, 1.165) is 51.6 Å². The molecule has 23 heavy (non-hydrogen) atoms. The highest BCUT2D eigenvalue weighted by Crippen LogP contribution is 2.20. The number of anilines is 1. The Morgan fingerprint density at radius 2 is 1.83 bits per heavy atom. The van der Waals surface area contributed by atoms with Crippen molar-refractivity contribution in [2.75, 3.05) is 18.0 Å². The first-order valence-corrected chi connectivity index (χ1v) is 8.77. The van der Waals surface area contributed by atoms with Crippen molar-refractivity contribution in [3.63, 3.8) is 0 Å². The molecule has 3 N–H and O–H groups in total. The van der Waals surface area contributed by atoms with E-state index in [2.05, 4.69) is 27.7 Å². The van der Waals surface area contributed by atoms with Gasteiger partial charge in [0.15, 0.2) is 0 Å². The van der Waals surface area contributed by atoms with Gasteiger partial charge in [-0.2, -0.15) is 0 Å². The molecule has 3 rings (SSSR count). The largest absolute Gasteiger partial charge is 0.391 e. The average molecular weight is 317 g/mol. The van der Waals surface area contributed by atoms with Gasteiger partial charge in [-0.05, 0) is 37.8 Å². The second kappa shape index (κ2) is 7.68. The third kappa shape index (κ3) is 4.38. The van der Waals surface area contributed by atoms with Crippen LogP contribution < -0.4 is 15.5 Å². The van der Waals surface area contributed by atoms with Crippen LogP contribution in [0, 0.1) is 0 Å². The van der Waals surface area contributed by atoms with Gasteiger partial charge in [0.25, 0.3) is 0 Å². The molecule has 1 aliphatic carbocycles. The lowest BCUT2D eigenvalue weighted by molar-refractivity contribution is 0.0939. The van der Waals surface area contributed by atoms with Gasteiger partial charge in [-0.1, -0.05) is 31.0 Å². The maximum atomic E-state index is 12.2. The van der Waals surface area contributed by atoms with Gasteiger partial charge in [0, 0.05) is 24.8 Å². The lowest BCUT2D eigenvalue weighted by atomic mass is 9.93. The van der Waals surface area contributed by atoms with Crippen LogP contribution in [0.3, 0.4) is 0 Å². The number of aliphatic hydroxyl groups excluding tert-OH is 1. The zero-order chi connectivity index (χ0) is 16.1. The zero-order valence-electron chi connectivity index (χ0n) is 13.6. The van der Waals surface area contributed by atoms with Gasteiger partial charge >= 0.3 is 6.03 Å². The van der Waals surface area contributed by atoms with E-state index < -0.39 is 6.10 Å². The van der Waals surface area contributed by atoms with E-state index in [4.69, 9.17) is 0 Å². The lowest BCUT2D eigenvalue weighted by Gasteiger charge is -2.35. The van der Waals surface area contributed by atoms with E-state index in [1.165, 1.54) is 5.69 Å². The number of benzene rings is 1. The number of hydrogen-bond acceptors (Lipinski definition) is 3. The normalized spacial score (nSPS) is 28.2. The fraction of sp³-hybridized carbons (Fsp3) is 0.611. The molecule has 1 heterocycles. The maximum absolute atomic E-state index is 12.2. The topological polar surface area (TPSA) is 64.6 Å². The Morgan fingerprint density at radius 3 is 2.61 bits per heavy atom. The molecule has 2 amide bonds. The second-order valence-electron chi connectivity index (χ2n) is 6.70. The van der Waals surface area contributed by atoms with Gasteiger partial charge in [0.1, 0.15) is 0 Å². The summed E-state index contributed by atoms with van der Waals surface area (Å²) in [5, 5.41) is 16.0. The first-order valence-electron chi connectivity index (χ1n) is 8.77. The van der Waals surface area contributed by atoms with Gasteiger partial charge in [-0.3, -0.25) is 0 Å². The van der Waals surface area contributed by atoms with Gasteiger partial charge < -0.3 is 20.6 Å². The second-order valence-corrected chi connectivity index (χ2v) is 6.70. The van der Waals surface area contributed by atoms with E-state index in [0.29, 0.717) is 0 Å². The fourth-order valence-corrected chi connectivity index (χ4v) is 3.64. The number of para-hydroxylation sites is 1. The van der Waals surface area contributed by atoms with Crippen LogP contribution in [-0.4, -0.2) is 42.4 Å². The highest BCUT2D eigenvalue weighted by molar-refractivity contribution is 5.74. The first kappa shape index (κ1) is 16.1. The summed E-state index contributed by atoms with van der Waals surface area (Å²) in [5.41, 5.74) is 1.21. The van der Waals surface area contributed by atoms with Crippen molar-refractivity contribution in [3.05, 3.63) is 30.3 Å². The molecular formula is C18H27N3O2. The Bertz CT molecular complexity index is 508. The molecule has 1 saturated carbocycles. The molecule has 1 saturated heterocycles. The monoisotopic (exact) mass is 317 g/mol. The number of amides is 2. The van der Waals surface area contributed by atoms with Gasteiger partial charge in [-0.25, -0.2) is 4.79 Å². The number of nitrogens with one attached hydrogen (secondary N) is 2. The molecule has 1 aromatic rings. The number of carbonyl (C=O) groups excluding carboxylic acids is 1. The molecule has 3 atom stereocenters. The minimum absolute atomic E-state index is 0.0995. The van der Waals surface area contributed by atoms with E-state index in [-0.39, 0.29) is 18.1 Å². The van der Waals surface area contributed by atoms with E-state index in [1.54, 1.807) is 0 Å². The number of urea groups is 1. The average Bonchev–Trinajstić information content (AvgIpc) is 2.58. The van der Waals surface area contributed by atoms with Crippen LogP contribution in [0.4, 0.5) is 10.5 Å². The highest BCUT2D eigenvalue weighted by Gasteiger charge is 2.26. The van der Waals surface area contributed by atoms with Crippen LogP contribution in [-0.2, 0) is 0 Å². The molecule has 0 bridgehead atoms. The van der Waals surface area contributed by atoms with Crippen LogP contribution in [0.2, 0.25) is 0 Å². The molecule has 0 radical (unpaired) electrons. The molecule has 5 heteroatoms. The van der Waals surface area contributed by atoms with E-state index in [9.17, 15) is 9.90 Å². The minimum atomic E-state index is -0.401. The Hall–Kier alpha value is -1.75. The first-order chi connectivity index (χ1) is 11.2. The number of nitrogens with zero attached hydrogens (tertiary/aromatic N) is 1. The number of hydrogen-bond donors (Lipinski definition) is 3. The van der Waals surface area contributed by atoms with Gasteiger partial charge in [0.05, 0.1) is 12.1 Å². The van der Waals surface area contributed by atoms with E-state index in [1.807, 2.05) is 18.2 Å². The molecule has 2 aliphatic rings. The summed E-state index contributed by atoms with van der Waals surface area (Å²) in [4.78, 5) is 14.5. The van der Waals surface area contributed by atoms with Crippen molar-refractivity contribution in [2.24, 2.45) is 0 Å². The van der Waals surface area contributed by atoms with Gasteiger partial charge in [0.2, 0.25) is 0 Å². The third-order valence-electron chi connectivity index (χ3n) is 4.92. The number of aliphatic hydroxyl groups is 1. The SMILES string of the molecule is O=C(NC1CCCN(c2ccccc2)C1)NC1CCCCC1O. The highest BCUT2D eigenvalue weighted by atomic mass is 16.3. The van der Waals surface area contributed by atoms with Crippen LogP contribution >= 0.6 is 0 Å². The molecule has 2 fully saturated rings. The molecule has 3 unspecified atom stereocenters. The molecule has 0 aromatic heterocycles. The van der Waals surface area contributed by atoms with Gasteiger partial charge in [-0.15, -0.1) is 0 Å². The van der Waals surface area contributed by atoms with Crippen LogP contribution in [0.1, 0.15) is 38.5 Å². The summed E-state index contributed by atoms with van der Waals surface area (Å²) in [6, 6.07) is 10.2. The van der Waals surface area contributed by atoms with Crippen molar-refractivity contribution in [2.45, 2.75) is 56.7 Å². The predicted octanol–water partition coefficient (Wildman–Crippen LogP) is 2.26. The summed E-state index contributed by atoms with van der Waals surface area (Å²) < 4.78 is 0. The standard InChI is InChI=1S/C18H27N3O2/c22-17-11-5-4-10-16(17)20-18(23)19-14-7-6-12-21(13-14)15-8-2-1-3-9-15/h1-3,8-9,14,16-17,22H,4-7,10-13H2,(H2,19,20,23). The molecule has 5 nitrogen and oxygen atoms in total. The zero-order valence-corrected chi connectivity index (χ0v) is 13.6. The minimum Gasteiger partial charge on any atom is -0.391 e. The Kier molecular flexibility index (Phi) is 5.39. The Balaban J connectivity index is 1.50. The Morgan fingerprint density at radius 1 is 1.04 bits per heavy atom. The van der Waals surface area contributed by atoms with Crippen molar-refractivity contribution in [1.29, 1.82) is 0 Å². The summed E-state index contributed by atoms with van der Waals surface area (Å²) in [7, 11) is 0. The number of rotatable bonds is 3. The smallest absolute Gasteiger partial charge is 0.315 e. The summed E-state index contributed by atoms with van der Waals surface area (Å²) >= 11 is 0. The molecule has 1 aliphatic heterocycles. The van der Waals surface area contributed by atoms with Crippen molar-refractivity contribution >= 4 is 11.7 Å². The molecular weight excluding hydrogens is 290 g/mol. The number of carbonyl (C=O) groups is 1. The quantitative estimate of drug-likeness (QED) is 0.801. The van der Waals surface area contributed by atoms with Crippen molar-refractivity contribution in [1.82, 2.24) is 10.6 Å².